The van der Waals surface area contributed by atoms with Crippen molar-refractivity contribution >= 4 is 11.8 Å². The van der Waals surface area contributed by atoms with Crippen molar-refractivity contribution in [2.24, 2.45) is 7.05 Å². The molecule has 1 unspecified atom stereocenters. The monoisotopic (exact) mass is 288 g/mol. The maximum absolute atomic E-state index is 12.1. The Morgan fingerprint density at radius 1 is 1.24 bits per heavy atom. The summed E-state index contributed by atoms with van der Waals surface area (Å²) in [6.07, 6.45) is 0. The molecule has 4 N–H and O–H groups in total. The number of aromatic hydroxyl groups is 1. The molecule has 0 saturated heterocycles. The van der Waals surface area contributed by atoms with E-state index in [2.05, 4.69) is 15.6 Å². The molecule has 1 aromatic carbocycles. The molecular formula is C13H12N4O4. The van der Waals surface area contributed by atoms with Crippen LogP contribution in [0.2, 0.25) is 0 Å². The molecule has 0 spiro atoms. The number of benzene rings is 1. The smallest absolute Gasteiger partial charge is 0.329 e. The average molecular weight is 288 g/mol. The number of H-pyrrole nitrogens is 1. The third-order valence-corrected chi connectivity index (χ3v) is 3.36. The minimum atomic E-state index is -0.753. The van der Waals surface area contributed by atoms with E-state index in [0.29, 0.717) is 5.56 Å². The second kappa shape index (κ2) is 4.51. The zero-order valence-corrected chi connectivity index (χ0v) is 11.0. The van der Waals surface area contributed by atoms with Gasteiger partial charge in [0, 0.05) is 7.05 Å². The van der Waals surface area contributed by atoms with Gasteiger partial charge in [0.15, 0.2) is 0 Å². The summed E-state index contributed by atoms with van der Waals surface area (Å²) in [5.74, 6) is 0.156. The van der Waals surface area contributed by atoms with Crippen molar-refractivity contribution in [3.63, 3.8) is 0 Å². The van der Waals surface area contributed by atoms with Gasteiger partial charge < -0.3 is 10.4 Å². The van der Waals surface area contributed by atoms with Gasteiger partial charge in [-0.25, -0.2) is 9.59 Å². The summed E-state index contributed by atoms with van der Waals surface area (Å²) in [6, 6.07) is 4.93. The molecule has 1 aliphatic heterocycles. The molecule has 1 aliphatic rings. The number of fused-ring (bicyclic) bond motifs is 1. The Hall–Kier alpha value is -3.03. The van der Waals surface area contributed by atoms with Gasteiger partial charge in [0.05, 0.1) is 11.6 Å². The second-order valence-electron chi connectivity index (χ2n) is 4.71. The number of nitrogens with one attached hydrogen (secondary N) is 3. The Bertz CT molecular complexity index is 852. The summed E-state index contributed by atoms with van der Waals surface area (Å²) in [7, 11) is 1.45. The number of amides is 2. The van der Waals surface area contributed by atoms with E-state index in [-0.39, 0.29) is 17.1 Å². The van der Waals surface area contributed by atoms with E-state index in [4.69, 9.17) is 0 Å². The number of urea groups is 1. The highest BCUT2D eigenvalue weighted by Gasteiger charge is 2.30. The predicted molar refractivity (Wildman–Crippen MR) is 74.4 cm³/mol. The van der Waals surface area contributed by atoms with E-state index in [9.17, 15) is 19.5 Å². The minimum absolute atomic E-state index is 0.0167. The molecule has 21 heavy (non-hydrogen) atoms. The molecule has 108 valence electrons. The van der Waals surface area contributed by atoms with Crippen LogP contribution in [0.15, 0.2) is 33.9 Å². The zero-order chi connectivity index (χ0) is 15.1. The van der Waals surface area contributed by atoms with Crippen LogP contribution in [-0.4, -0.2) is 20.7 Å². The van der Waals surface area contributed by atoms with Crippen molar-refractivity contribution in [3.8, 4) is 5.75 Å². The van der Waals surface area contributed by atoms with Gasteiger partial charge in [-0.05, 0) is 17.7 Å². The number of phenols is 1. The topological polar surface area (TPSA) is 116 Å². The second-order valence-corrected chi connectivity index (χ2v) is 4.71. The van der Waals surface area contributed by atoms with Gasteiger partial charge in [0.2, 0.25) is 0 Å². The molecule has 0 bridgehead atoms. The predicted octanol–water partition coefficient (Wildman–Crippen LogP) is 0.00370. The van der Waals surface area contributed by atoms with Gasteiger partial charge in [0.1, 0.15) is 11.6 Å². The molecule has 8 nitrogen and oxygen atoms in total. The maximum Gasteiger partial charge on any atom is 0.329 e. The first-order chi connectivity index (χ1) is 9.97. The lowest BCUT2D eigenvalue weighted by Gasteiger charge is -2.27. The number of nitrogens with zero attached hydrogens (tertiary/aromatic N) is 1. The van der Waals surface area contributed by atoms with Crippen LogP contribution >= 0.6 is 0 Å². The largest absolute Gasteiger partial charge is 0.508 e. The highest BCUT2D eigenvalue weighted by molar-refractivity contribution is 5.92. The average Bonchev–Trinajstić information content (AvgIpc) is 2.44. The van der Waals surface area contributed by atoms with Crippen molar-refractivity contribution in [2.45, 2.75) is 6.04 Å². The summed E-state index contributed by atoms with van der Waals surface area (Å²) in [6.45, 7) is 0. The van der Waals surface area contributed by atoms with E-state index in [1.54, 1.807) is 12.1 Å². The molecule has 0 fully saturated rings. The van der Waals surface area contributed by atoms with Gasteiger partial charge in [-0.3, -0.25) is 19.7 Å². The van der Waals surface area contributed by atoms with Gasteiger partial charge in [-0.15, -0.1) is 0 Å². The molecule has 2 aromatic rings. The van der Waals surface area contributed by atoms with Crippen LogP contribution in [0.3, 0.4) is 0 Å². The van der Waals surface area contributed by atoms with Crippen molar-refractivity contribution in [3.05, 3.63) is 56.2 Å². The highest BCUT2D eigenvalue weighted by atomic mass is 16.3. The normalized spacial score (nSPS) is 16.8. The Morgan fingerprint density at radius 3 is 2.71 bits per heavy atom. The Morgan fingerprint density at radius 2 is 2.00 bits per heavy atom. The van der Waals surface area contributed by atoms with E-state index < -0.39 is 23.3 Å². The third kappa shape index (κ3) is 2.06. The molecule has 1 aromatic heterocycles. The molecule has 0 aliphatic carbocycles. The van der Waals surface area contributed by atoms with Crippen LogP contribution in [0.4, 0.5) is 10.6 Å². The van der Waals surface area contributed by atoms with Crippen molar-refractivity contribution in [1.82, 2.24) is 14.9 Å². The van der Waals surface area contributed by atoms with Crippen LogP contribution in [-0.2, 0) is 7.05 Å². The molecule has 0 saturated carbocycles. The molecule has 2 amide bonds. The van der Waals surface area contributed by atoms with Crippen LogP contribution in [0.1, 0.15) is 17.2 Å². The van der Waals surface area contributed by atoms with Crippen LogP contribution < -0.4 is 21.9 Å². The lowest BCUT2D eigenvalue weighted by molar-refractivity contribution is 0.248. The maximum atomic E-state index is 12.1. The Kier molecular flexibility index (Phi) is 2.79. The SMILES string of the molecule is Cn1c2c(c(=O)[nH]c1=O)C(c1cccc(O)c1)NC(=O)N2. The number of hydrogen-bond acceptors (Lipinski definition) is 4. The number of rotatable bonds is 1. The standard InChI is InChI=1S/C13H12N4O4/c1-17-10-8(11(19)16-13(17)21)9(14-12(20)15-10)6-3-2-4-7(18)5-6/h2-5,9,18H,1H3,(H2,14,15,20)(H,16,19,21). The lowest BCUT2D eigenvalue weighted by Crippen LogP contribution is -2.46. The molecule has 0 radical (unpaired) electrons. The van der Waals surface area contributed by atoms with E-state index in [0.717, 1.165) is 4.57 Å². The van der Waals surface area contributed by atoms with E-state index in [1.807, 2.05) is 0 Å². The fraction of sp³-hybridized carbons (Fsp3) is 0.154. The van der Waals surface area contributed by atoms with Gasteiger partial charge in [0.25, 0.3) is 5.56 Å². The van der Waals surface area contributed by atoms with Gasteiger partial charge >= 0.3 is 11.7 Å². The van der Waals surface area contributed by atoms with Crippen molar-refractivity contribution < 1.29 is 9.90 Å². The Labute approximate surface area is 118 Å². The fourth-order valence-corrected chi connectivity index (χ4v) is 2.36. The first-order valence-electron chi connectivity index (χ1n) is 6.17. The van der Waals surface area contributed by atoms with Gasteiger partial charge in [-0.2, -0.15) is 0 Å². The number of carbonyl (C=O) groups is 1. The molecule has 2 heterocycles. The van der Waals surface area contributed by atoms with Crippen molar-refractivity contribution in [1.29, 1.82) is 0 Å². The molecular weight excluding hydrogens is 276 g/mol. The number of anilines is 1. The summed E-state index contributed by atoms with van der Waals surface area (Å²) in [5.41, 5.74) is -0.456. The first-order valence-corrected chi connectivity index (χ1v) is 6.17. The van der Waals surface area contributed by atoms with E-state index in [1.165, 1.54) is 19.2 Å². The molecule has 1 atom stereocenters. The van der Waals surface area contributed by atoms with Crippen LogP contribution in [0.25, 0.3) is 0 Å². The highest BCUT2D eigenvalue weighted by Crippen LogP contribution is 2.29. The van der Waals surface area contributed by atoms with Crippen molar-refractivity contribution in [2.75, 3.05) is 5.32 Å². The summed E-state index contributed by atoms with van der Waals surface area (Å²) in [4.78, 5) is 37.7. The lowest BCUT2D eigenvalue weighted by atomic mass is 9.98. The third-order valence-electron chi connectivity index (χ3n) is 3.36. The zero-order valence-electron chi connectivity index (χ0n) is 11.0. The first kappa shape index (κ1) is 13.0. The summed E-state index contributed by atoms with van der Waals surface area (Å²) < 4.78 is 1.16. The number of hydrogen-bond donors (Lipinski definition) is 4. The number of aromatic amines is 1. The van der Waals surface area contributed by atoms with Crippen LogP contribution in [0.5, 0.6) is 5.75 Å². The van der Waals surface area contributed by atoms with E-state index >= 15 is 0 Å². The summed E-state index contributed by atoms with van der Waals surface area (Å²) in [5, 5.41) is 14.6. The fourth-order valence-electron chi connectivity index (χ4n) is 2.36. The number of carbonyl (C=O) groups excluding carboxylic acids is 1. The minimum Gasteiger partial charge on any atom is -0.508 e. The molecule has 8 heteroatoms. The Balaban J connectivity index is 2.28. The summed E-state index contributed by atoms with van der Waals surface area (Å²) >= 11 is 0. The quantitative estimate of drug-likeness (QED) is 0.591. The van der Waals surface area contributed by atoms with Gasteiger partial charge in [-0.1, -0.05) is 12.1 Å². The number of aromatic nitrogens is 2. The number of phenolic OH excluding ortho intramolecular Hbond substituents is 1. The van der Waals surface area contributed by atoms with Crippen LogP contribution in [0, 0.1) is 0 Å². The molecule has 3 rings (SSSR count).